The molecule has 6 nitrogen and oxygen atoms in total. The number of amides is 2. The number of methoxy groups -OCH3 is 1. The summed E-state index contributed by atoms with van der Waals surface area (Å²) in [5.74, 6) is -0.367. The lowest BCUT2D eigenvalue weighted by molar-refractivity contribution is -0.111. The Hall–Kier alpha value is -3.12. The number of carbonyl (C=O) groups excluding carboxylic acids is 2. The summed E-state index contributed by atoms with van der Waals surface area (Å²) in [5.41, 5.74) is 3.06. The van der Waals surface area contributed by atoms with Gasteiger partial charge in [-0.1, -0.05) is 30.3 Å². The van der Waals surface area contributed by atoms with Gasteiger partial charge in [-0.2, -0.15) is 0 Å². The molecule has 2 aromatic rings. The molecule has 0 spiro atoms. The Labute approximate surface area is 184 Å². The van der Waals surface area contributed by atoms with Crippen molar-refractivity contribution in [3.05, 3.63) is 65.7 Å². The highest BCUT2D eigenvalue weighted by Crippen LogP contribution is 2.27. The maximum absolute atomic E-state index is 12.9. The lowest BCUT2D eigenvalue weighted by atomic mass is 10.1. The topological polar surface area (TPSA) is 70.7 Å². The first-order chi connectivity index (χ1) is 15.2. The zero-order chi connectivity index (χ0) is 21.9. The fourth-order valence-electron chi connectivity index (χ4n) is 3.64. The van der Waals surface area contributed by atoms with Crippen LogP contribution in [0.4, 0.5) is 11.4 Å². The second-order valence-electron chi connectivity index (χ2n) is 7.62. The predicted octanol–water partition coefficient (Wildman–Crippen LogP) is 4.10. The van der Waals surface area contributed by atoms with Crippen molar-refractivity contribution in [3.8, 4) is 0 Å². The van der Waals surface area contributed by atoms with Gasteiger partial charge in [-0.15, -0.1) is 0 Å². The summed E-state index contributed by atoms with van der Waals surface area (Å²) in [5, 5.41) is 5.84. The van der Waals surface area contributed by atoms with Crippen LogP contribution in [0, 0.1) is 0 Å². The molecule has 0 unspecified atom stereocenters. The minimum atomic E-state index is -0.235. The molecule has 2 aromatic carbocycles. The van der Waals surface area contributed by atoms with Crippen LogP contribution in [-0.4, -0.2) is 45.2 Å². The third-order valence-corrected chi connectivity index (χ3v) is 5.24. The van der Waals surface area contributed by atoms with Crippen LogP contribution < -0.4 is 15.5 Å². The number of nitrogens with one attached hydrogen (secondary N) is 2. The van der Waals surface area contributed by atoms with Gasteiger partial charge in [0.1, 0.15) is 0 Å². The lowest BCUT2D eigenvalue weighted by Crippen LogP contribution is -2.33. The van der Waals surface area contributed by atoms with E-state index < -0.39 is 0 Å². The second-order valence-corrected chi connectivity index (χ2v) is 7.62. The number of carbonyl (C=O) groups is 2. The summed E-state index contributed by atoms with van der Waals surface area (Å²) < 4.78 is 5.05. The number of anilines is 2. The van der Waals surface area contributed by atoms with E-state index >= 15 is 0 Å². The van der Waals surface area contributed by atoms with Crippen molar-refractivity contribution in [1.29, 1.82) is 0 Å². The summed E-state index contributed by atoms with van der Waals surface area (Å²) in [6.45, 7) is 3.02. The summed E-state index contributed by atoms with van der Waals surface area (Å²) in [4.78, 5) is 27.5. The minimum Gasteiger partial charge on any atom is -0.385 e. The first kappa shape index (κ1) is 22.6. The van der Waals surface area contributed by atoms with Crippen LogP contribution in [0.2, 0.25) is 0 Å². The van der Waals surface area contributed by atoms with Gasteiger partial charge in [0, 0.05) is 50.8 Å². The molecule has 0 aliphatic carbocycles. The van der Waals surface area contributed by atoms with Crippen molar-refractivity contribution in [2.45, 2.75) is 25.7 Å². The van der Waals surface area contributed by atoms with Crippen LogP contribution >= 0.6 is 0 Å². The Bertz CT molecular complexity index is 890. The van der Waals surface area contributed by atoms with Crippen molar-refractivity contribution in [1.82, 2.24) is 5.32 Å². The average Bonchev–Trinajstić information content (AvgIpc) is 2.81. The van der Waals surface area contributed by atoms with Crippen LogP contribution in [0.15, 0.2) is 54.6 Å². The van der Waals surface area contributed by atoms with Gasteiger partial charge in [-0.3, -0.25) is 9.59 Å². The van der Waals surface area contributed by atoms with Crippen molar-refractivity contribution in [3.63, 3.8) is 0 Å². The number of hydrogen-bond donors (Lipinski definition) is 2. The molecule has 1 saturated heterocycles. The van der Waals surface area contributed by atoms with E-state index in [1.54, 1.807) is 19.3 Å². The summed E-state index contributed by atoms with van der Waals surface area (Å²) in [7, 11) is 1.65. The molecule has 1 fully saturated rings. The smallest absolute Gasteiger partial charge is 0.253 e. The Kier molecular flexibility index (Phi) is 8.67. The lowest BCUT2D eigenvalue weighted by Gasteiger charge is -2.30. The van der Waals surface area contributed by atoms with Gasteiger partial charge in [0.15, 0.2) is 0 Å². The molecule has 2 N–H and O–H groups in total. The molecular formula is C25H31N3O3. The fraction of sp³-hybridized carbons (Fsp3) is 0.360. The molecule has 1 aliphatic heterocycles. The number of hydrogen-bond acceptors (Lipinski definition) is 4. The molecule has 1 aliphatic rings. The molecule has 1 heterocycles. The van der Waals surface area contributed by atoms with E-state index in [9.17, 15) is 9.59 Å². The fourth-order valence-corrected chi connectivity index (χ4v) is 3.64. The molecule has 0 aromatic heterocycles. The van der Waals surface area contributed by atoms with Gasteiger partial charge in [0.05, 0.1) is 5.56 Å². The van der Waals surface area contributed by atoms with Gasteiger partial charge in [-0.05, 0) is 55.5 Å². The van der Waals surface area contributed by atoms with E-state index in [1.807, 2.05) is 42.5 Å². The first-order valence-corrected chi connectivity index (χ1v) is 10.9. The number of rotatable bonds is 9. The number of piperidine rings is 1. The molecule has 164 valence electrons. The number of ether oxygens (including phenoxy) is 1. The largest absolute Gasteiger partial charge is 0.385 e. The van der Waals surface area contributed by atoms with E-state index in [0.29, 0.717) is 24.4 Å². The summed E-state index contributed by atoms with van der Waals surface area (Å²) >= 11 is 0. The Morgan fingerprint density at radius 3 is 2.58 bits per heavy atom. The maximum Gasteiger partial charge on any atom is 0.253 e. The molecule has 3 rings (SSSR count). The Balaban J connectivity index is 1.73. The van der Waals surface area contributed by atoms with Crippen LogP contribution in [0.25, 0.3) is 6.08 Å². The normalized spacial score (nSPS) is 13.9. The quantitative estimate of drug-likeness (QED) is 0.473. The highest BCUT2D eigenvalue weighted by molar-refractivity contribution is 6.05. The van der Waals surface area contributed by atoms with Crippen molar-refractivity contribution < 1.29 is 14.3 Å². The van der Waals surface area contributed by atoms with Gasteiger partial charge in [0.25, 0.3) is 5.91 Å². The van der Waals surface area contributed by atoms with Crippen molar-refractivity contribution >= 4 is 29.3 Å². The maximum atomic E-state index is 12.9. The van der Waals surface area contributed by atoms with E-state index in [2.05, 4.69) is 15.5 Å². The van der Waals surface area contributed by atoms with Crippen LogP contribution in [0.1, 0.15) is 41.6 Å². The zero-order valence-corrected chi connectivity index (χ0v) is 18.1. The minimum absolute atomic E-state index is 0.132. The van der Waals surface area contributed by atoms with Gasteiger partial charge in [-0.25, -0.2) is 0 Å². The number of nitrogens with zero attached hydrogens (tertiary/aromatic N) is 1. The molecule has 0 atom stereocenters. The molecule has 0 saturated carbocycles. The molecular weight excluding hydrogens is 390 g/mol. The summed E-state index contributed by atoms with van der Waals surface area (Å²) in [6.07, 6.45) is 7.48. The van der Waals surface area contributed by atoms with Gasteiger partial charge >= 0.3 is 0 Å². The zero-order valence-electron chi connectivity index (χ0n) is 18.1. The Morgan fingerprint density at radius 2 is 1.84 bits per heavy atom. The van der Waals surface area contributed by atoms with Crippen molar-refractivity contribution in [2.24, 2.45) is 0 Å². The molecule has 0 bridgehead atoms. The molecule has 6 heteroatoms. The van der Waals surface area contributed by atoms with E-state index in [0.717, 1.165) is 43.6 Å². The standard InChI is InChI=1S/C25H31N3O3/c1-31-18-8-15-26-25(30)22-19-21(12-13-23(22)28-16-6-3-7-17-28)27-24(29)14-11-20-9-4-2-5-10-20/h2,4-5,9-14,19H,3,6-8,15-18H2,1H3,(H,26,30)(H,27,29)/b14-11+. The highest BCUT2D eigenvalue weighted by atomic mass is 16.5. The molecule has 0 radical (unpaired) electrons. The SMILES string of the molecule is COCCCNC(=O)c1cc(NC(=O)/C=C/c2ccccc2)ccc1N1CCCCC1. The van der Waals surface area contributed by atoms with E-state index in [-0.39, 0.29) is 11.8 Å². The van der Waals surface area contributed by atoms with Crippen LogP contribution in [0.5, 0.6) is 0 Å². The second kappa shape index (κ2) is 11.9. The Morgan fingerprint density at radius 1 is 1.06 bits per heavy atom. The highest BCUT2D eigenvalue weighted by Gasteiger charge is 2.19. The molecule has 2 amide bonds. The summed E-state index contributed by atoms with van der Waals surface area (Å²) in [6, 6.07) is 15.2. The third kappa shape index (κ3) is 6.96. The number of benzene rings is 2. The van der Waals surface area contributed by atoms with E-state index in [1.165, 1.54) is 12.5 Å². The van der Waals surface area contributed by atoms with Crippen LogP contribution in [-0.2, 0) is 9.53 Å². The van der Waals surface area contributed by atoms with Gasteiger partial charge < -0.3 is 20.3 Å². The average molecular weight is 422 g/mol. The van der Waals surface area contributed by atoms with Crippen molar-refractivity contribution in [2.75, 3.05) is 43.6 Å². The van der Waals surface area contributed by atoms with E-state index in [4.69, 9.17) is 4.74 Å². The van der Waals surface area contributed by atoms with Gasteiger partial charge in [0.2, 0.25) is 5.91 Å². The third-order valence-electron chi connectivity index (χ3n) is 5.24. The predicted molar refractivity (Wildman–Crippen MR) is 125 cm³/mol. The monoisotopic (exact) mass is 421 g/mol. The van der Waals surface area contributed by atoms with Crippen LogP contribution in [0.3, 0.4) is 0 Å². The molecule has 31 heavy (non-hydrogen) atoms. The first-order valence-electron chi connectivity index (χ1n) is 10.9.